The predicted octanol–water partition coefficient (Wildman–Crippen LogP) is 3.86. The van der Waals surface area contributed by atoms with E-state index in [2.05, 4.69) is 5.32 Å². The first kappa shape index (κ1) is 14.8. The Bertz CT molecular complexity index is 581. The average molecular weight is 289 g/mol. The van der Waals surface area contributed by atoms with Crippen molar-refractivity contribution in [2.24, 2.45) is 0 Å². The molecule has 0 aliphatic heterocycles. The molecular weight excluding hydrogens is 273 g/mol. The van der Waals surface area contributed by atoms with Crippen LogP contribution < -0.4 is 10.1 Å². The van der Waals surface area contributed by atoms with Gasteiger partial charge in [-0.25, -0.2) is 9.18 Å². The van der Waals surface area contributed by atoms with Crippen molar-refractivity contribution in [1.29, 1.82) is 0 Å². The first-order valence-electron chi connectivity index (χ1n) is 6.60. The number of alkyl carbamates (subject to hydrolysis) is 1. The van der Waals surface area contributed by atoms with E-state index in [1.54, 1.807) is 31.2 Å². The summed E-state index contributed by atoms with van der Waals surface area (Å²) in [5.41, 5.74) is 0.925. The van der Waals surface area contributed by atoms with E-state index >= 15 is 0 Å². The van der Waals surface area contributed by atoms with E-state index in [0.29, 0.717) is 24.7 Å². The van der Waals surface area contributed by atoms with Crippen LogP contribution in [0.25, 0.3) is 0 Å². The highest BCUT2D eigenvalue weighted by Gasteiger charge is 2.02. The molecular formula is C16H16FNO3. The Labute approximate surface area is 122 Å². The Morgan fingerprint density at radius 3 is 2.19 bits per heavy atom. The Kier molecular flexibility index (Phi) is 5.15. The van der Waals surface area contributed by atoms with Gasteiger partial charge in [0.2, 0.25) is 0 Å². The molecule has 1 amide bonds. The van der Waals surface area contributed by atoms with Crippen LogP contribution in [0.2, 0.25) is 0 Å². The van der Waals surface area contributed by atoms with Gasteiger partial charge in [-0.15, -0.1) is 0 Å². The highest BCUT2D eigenvalue weighted by atomic mass is 19.1. The van der Waals surface area contributed by atoms with Crippen LogP contribution >= 0.6 is 0 Å². The summed E-state index contributed by atoms with van der Waals surface area (Å²) in [6, 6.07) is 13.0. The molecule has 5 heteroatoms. The molecule has 0 spiro atoms. The van der Waals surface area contributed by atoms with Gasteiger partial charge in [-0.3, -0.25) is 0 Å². The summed E-state index contributed by atoms with van der Waals surface area (Å²) in [5, 5.41) is 2.63. The van der Waals surface area contributed by atoms with Crippen molar-refractivity contribution in [3.05, 3.63) is 59.9 Å². The number of hydrogen-bond acceptors (Lipinski definition) is 3. The highest BCUT2D eigenvalue weighted by Crippen LogP contribution is 2.21. The predicted molar refractivity (Wildman–Crippen MR) is 76.8 cm³/mol. The van der Waals surface area contributed by atoms with Crippen LogP contribution in [0, 0.1) is 5.82 Å². The molecule has 2 aromatic rings. The van der Waals surface area contributed by atoms with Gasteiger partial charge in [0.15, 0.2) is 0 Å². The third kappa shape index (κ3) is 4.80. The van der Waals surface area contributed by atoms with E-state index in [9.17, 15) is 9.18 Å². The van der Waals surface area contributed by atoms with Crippen molar-refractivity contribution in [2.45, 2.75) is 13.5 Å². The Hall–Kier alpha value is -2.56. The topological polar surface area (TPSA) is 47.6 Å². The van der Waals surface area contributed by atoms with Crippen LogP contribution in [-0.4, -0.2) is 12.7 Å². The lowest BCUT2D eigenvalue weighted by Crippen LogP contribution is -2.23. The van der Waals surface area contributed by atoms with Gasteiger partial charge in [0, 0.05) is 6.54 Å². The molecule has 21 heavy (non-hydrogen) atoms. The maximum atomic E-state index is 12.8. The largest absolute Gasteiger partial charge is 0.457 e. The molecule has 0 heterocycles. The molecule has 2 aromatic carbocycles. The fourth-order valence-electron chi connectivity index (χ4n) is 1.67. The number of ether oxygens (including phenoxy) is 2. The van der Waals surface area contributed by atoms with Crippen LogP contribution in [0.15, 0.2) is 48.5 Å². The lowest BCUT2D eigenvalue weighted by atomic mass is 10.2. The second kappa shape index (κ2) is 7.28. The van der Waals surface area contributed by atoms with Crippen molar-refractivity contribution >= 4 is 6.09 Å². The van der Waals surface area contributed by atoms with Gasteiger partial charge in [0.25, 0.3) is 0 Å². The first-order valence-corrected chi connectivity index (χ1v) is 6.60. The van der Waals surface area contributed by atoms with Crippen LogP contribution in [0.4, 0.5) is 9.18 Å². The first-order chi connectivity index (χ1) is 10.2. The summed E-state index contributed by atoms with van der Waals surface area (Å²) in [6.45, 7) is 2.48. The van der Waals surface area contributed by atoms with Gasteiger partial charge in [0.1, 0.15) is 17.3 Å². The normalized spacial score (nSPS) is 10.0. The number of nitrogens with one attached hydrogen (secondary N) is 1. The second-order valence-corrected chi connectivity index (χ2v) is 4.27. The summed E-state index contributed by atoms with van der Waals surface area (Å²) in [7, 11) is 0. The Morgan fingerprint density at radius 2 is 1.62 bits per heavy atom. The molecule has 0 aliphatic rings. The van der Waals surface area contributed by atoms with Crippen LogP contribution in [0.5, 0.6) is 11.5 Å². The molecule has 0 aliphatic carbocycles. The SMILES string of the molecule is CCOC(=O)NCc1ccc(Oc2ccc(F)cc2)cc1. The number of carbonyl (C=O) groups excluding carboxylic acids is 1. The van der Waals surface area contributed by atoms with Crippen LogP contribution in [-0.2, 0) is 11.3 Å². The summed E-state index contributed by atoms with van der Waals surface area (Å²) in [6.07, 6.45) is -0.441. The van der Waals surface area contributed by atoms with Crippen molar-refractivity contribution in [1.82, 2.24) is 5.32 Å². The number of hydrogen-bond donors (Lipinski definition) is 1. The molecule has 2 rings (SSSR count). The van der Waals surface area contributed by atoms with Crippen molar-refractivity contribution in [2.75, 3.05) is 6.61 Å². The number of carbonyl (C=O) groups is 1. The fraction of sp³-hybridized carbons (Fsp3) is 0.188. The second-order valence-electron chi connectivity index (χ2n) is 4.27. The van der Waals surface area contributed by atoms with Crippen molar-refractivity contribution in [3.63, 3.8) is 0 Å². The minimum absolute atomic E-state index is 0.303. The van der Waals surface area contributed by atoms with Crippen LogP contribution in [0.1, 0.15) is 12.5 Å². The van der Waals surface area contributed by atoms with Gasteiger partial charge in [-0.2, -0.15) is 0 Å². The van der Waals surface area contributed by atoms with Gasteiger partial charge in [-0.05, 0) is 48.9 Å². The number of rotatable bonds is 5. The smallest absolute Gasteiger partial charge is 0.407 e. The Morgan fingerprint density at radius 1 is 1.05 bits per heavy atom. The summed E-state index contributed by atoms with van der Waals surface area (Å²) in [5.74, 6) is 0.901. The zero-order valence-corrected chi connectivity index (χ0v) is 11.6. The van der Waals surface area contributed by atoms with E-state index in [4.69, 9.17) is 9.47 Å². The minimum Gasteiger partial charge on any atom is -0.457 e. The van der Waals surface area contributed by atoms with E-state index in [-0.39, 0.29) is 5.82 Å². The summed E-state index contributed by atoms with van der Waals surface area (Å²) >= 11 is 0. The molecule has 0 radical (unpaired) electrons. The van der Waals surface area contributed by atoms with Gasteiger partial charge >= 0.3 is 6.09 Å². The van der Waals surface area contributed by atoms with E-state index < -0.39 is 6.09 Å². The molecule has 0 bridgehead atoms. The maximum Gasteiger partial charge on any atom is 0.407 e. The highest BCUT2D eigenvalue weighted by molar-refractivity contribution is 5.67. The Balaban J connectivity index is 1.89. The molecule has 110 valence electrons. The number of amides is 1. The van der Waals surface area contributed by atoms with E-state index in [0.717, 1.165) is 5.56 Å². The van der Waals surface area contributed by atoms with Crippen molar-refractivity contribution < 1.29 is 18.7 Å². The maximum absolute atomic E-state index is 12.8. The lowest BCUT2D eigenvalue weighted by molar-refractivity contribution is 0.151. The average Bonchev–Trinajstić information content (AvgIpc) is 2.49. The summed E-state index contributed by atoms with van der Waals surface area (Å²) < 4.78 is 23.1. The molecule has 4 nitrogen and oxygen atoms in total. The van der Waals surface area contributed by atoms with E-state index in [1.165, 1.54) is 12.1 Å². The third-order valence-corrected chi connectivity index (χ3v) is 2.68. The number of benzene rings is 2. The standard InChI is InChI=1S/C16H16FNO3/c1-2-20-16(19)18-11-12-3-7-14(8-4-12)21-15-9-5-13(17)6-10-15/h3-10H,2,11H2,1H3,(H,18,19). The molecule has 0 saturated heterocycles. The molecule has 1 N–H and O–H groups in total. The number of halogens is 1. The zero-order valence-electron chi connectivity index (χ0n) is 11.6. The zero-order chi connectivity index (χ0) is 15.1. The lowest BCUT2D eigenvalue weighted by Gasteiger charge is -2.08. The molecule has 0 saturated carbocycles. The molecule has 0 unspecified atom stereocenters. The monoisotopic (exact) mass is 289 g/mol. The fourth-order valence-corrected chi connectivity index (χ4v) is 1.67. The van der Waals surface area contributed by atoms with Gasteiger partial charge < -0.3 is 14.8 Å². The van der Waals surface area contributed by atoms with Gasteiger partial charge in [0.05, 0.1) is 6.61 Å². The molecule has 0 fully saturated rings. The quantitative estimate of drug-likeness (QED) is 0.909. The summed E-state index contributed by atoms with van der Waals surface area (Å²) in [4.78, 5) is 11.2. The third-order valence-electron chi connectivity index (χ3n) is 2.68. The van der Waals surface area contributed by atoms with Crippen LogP contribution in [0.3, 0.4) is 0 Å². The van der Waals surface area contributed by atoms with Gasteiger partial charge in [-0.1, -0.05) is 12.1 Å². The molecule has 0 aromatic heterocycles. The minimum atomic E-state index is -0.441. The van der Waals surface area contributed by atoms with Crippen molar-refractivity contribution in [3.8, 4) is 11.5 Å². The van der Waals surface area contributed by atoms with E-state index in [1.807, 2.05) is 12.1 Å². The molecule has 0 atom stereocenters.